The van der Waals surface area contributed by atoms with Crippen molar-refractivity contribution in [3.8, 4) is 5.75 Å². The van der Waals surface area contributed by atoms with Crippen LogP contribution in [0, 0.1) is 6.92 Å². The maximum absolute atomic E-state index is 12.5. The summed E-state index contributed by atoms with van der Waals surface area (Å²) in [6, 6.07) is 5.03. The number of hydrogen-bond donors (Lipinski definition) is 2. The van der Waals surface area contributed by atoms with Gasteiger partial charge < -0.3 is 9.84 Å². The third kappa shape index (κ3) is 9.61. The number of hydrazine groups is 1. The lowest BCUT2D eigenvalue weighted by molar-refractivity contribution is -0.132. The van der Waals surface area contributed by atoms with Crippen molar-refractivity contribution in [1.82, 2.24) is 10.4 Å². The molecule has 0 atom stereocenters. The molecule has 0 saturated carbocycles. The van der Waals surface area contributed by atoms with Gasteiger partial charge in [0.05, 0.1) is 5.57 Å². The fourth-order valence-corrected chi connectivity index (χ4v) is 2.65. The summed E-state index contributed by atoms with van der Waals surface area (Å²) in [6.45, 7) is 6.88. The third-order valence-electron chi connectivity index (χ3n) is 4.06. The summed E-state index contributed by atoms with van der Waals surface area (Å²) in [5, 5.41) is 10.9. The molecule has 2 N–H and O–H groups in total. The molecular weight excluding hydrogens is 402 g/mol. The lowest BCUT2D eigenvalue weighted by atomic mass is 10.0. The van der Waals surface area contributed by atoms with E-state index in [1.807, 2.05) is 45.9 Å². The van der Waals surface area contributed by atoms with Crippen LogP contribution in [-0.2, 0) is 11.2 Å². The van der Waals surface area contributed by atoms with Crippen LogP contribution in [0.4, 0.5) is 8.78 Å². The van der Waals surface area contributed by atoms with E-state index in [0.29, 0.717) is 18.4 Å². The van der Waals surface area contributed by atoms with Gasteiger partial charge >= 0.3 is 12.6 Å². The molecule has 1 aromatic rings. The van der Waals surface area contributed by atoms with E-state index in [1.54, 1.807) is 49.5 Å². The molecule has 0 saturated heterocycles. The predicted octanol–water partition coefficient (Wildman–Crippen LogP) is 6.00. The fourth-order valence-electron chi connectivity index (χ4n) is 2.65. The maximum Gasteiger partial charge on any atom is 0.387 e. The molecular formula is C24H34F2N2O3. The number of carboxylic acids is 1. The van der Waals surface area contributed by atoms with Crippen LogP contribution in [-0.4, -0.2) is 29.7 Å². The molecule has 0 spiro atoms. The molecule has 0 unspecified atom stereocenters. The number of allylic oxidation sites excluding steroid dienone is 4. The standard InChI is InChI=1S/C20H22F2N2O3.2C2H6/c1-14-15(8-5-11-18(14)27-20(21)22)9-6-12-24(23-2)17-10-4-3-7-16(13-17)19(25)26;2*1-2/h3-8,11-13,20,23H,9-10H2,1-2H3,(H,25,26);2*1-2H3/b12-6-;;. The Balaban J connectivity index is 0.00000212. The monoisotopic (exact) mass is 436 g/mol. The number of ether oxygens (including phenoxy) is 1. The van der Waals surface area contributed by atoms with Crippen molar-refractivity contribution >= 4 is 5.97 Å². The zero-order valence-corrected chi connectivity index (χ0v) is 19.2. The summed E-state index contributed by atoms with van der Waals surface area (Å²) in [6.07, 6.45) is 11.5. The summed E-state index contributed by atoms with van der Waals surface area (Å²) < 4.78 is 29.4. The number of alkyl halides is 2. The number of carbonyl (C=O) groups is 1. The number of hydrogen-bond acceptors (Lipinski definition) is 4. The van der Waals surface area contributed by atoms with Crippen molar-refractivity contribution in [2.45, 2.75) is 54.1 Å². The van der Waals surface area contributed by atoms with Crippen molar-refractivity contribution < 1.29 is 23.4 Å². The van der Waals surface area contributed by atoms with Gasteiger partial charge in [-0.15, -0.1) is 0 Å². The van der Waals surface area contributed by atoms with Gasteiger partial charge in [-0.1, -0.05) is 58.1 Å². The van der Waals surface area contributed by atoms with Gasteiger partial charge in [-0.2, -0.15) is 8.78 Å². The Morgan fingerprint density at radius 2 is 1.97 bits per heavy atom. The van der Waals surface area contributed by atoms with E-state index in [-0.39, 0.29) is 11.3 Å². The molecule has 1 aromatic carbocycles. The maximum atomic E-state index is 12.5. The molecule has 31 heavy (non-hydrogen) atoms. The molecule has 1 aliphatic carbocycles. The highest BCUT2D eigenvalue weighted by atomic mass is 19.3. The molecule has 0 heterocycles. The van der Waals surface area contributed by atoms with Crippen LogP contribution in [0.3, 0.4) is 0 Å². The highest BCUT2D eigenvalue weighted by Crippen LogP contribution is 2.24. The van der Waals surface area contributed by atoms with E-state index >= 15 is 0 Å². The second-order valence-corrected chi connectivity index (χ2v) is 5.80. The van der Waals surface area contributed by atoms with Crippen LogP contribution in [0.5, 0.6) is 5.75 Å². The highest BCUT2D eigenvalue weighted by Gasteiger charge is 2.12. The van der Waals surface area contributed by atoms with Gasteiger partial charge in [-0.25, -0.2) is 10.2 Å². The Hall–Kier alpha value is -2.93. The number of halogens is 2. The number of carboxylic acid groups (broad SMARTS) is 1. The number of nitrogens with one attached hydrogen (secondary N) is 1. The minimum atomic E-state index is -2.86. The van der Waals surface area contributed by atoms with Gasteiger partial charge in [0.25, 0.3) is 0 Å². The van der Waals surface area contributed by atoms with E-state index in [2.05, 4.69) is 10.2 Å². The number of rotatable bonds is 8. The third-order valence-corrected chi connectivity index (χ3v) is 4.06. The topological polar surface area (TPSA) is 61.8 Å². The second-order valence-electron chi connectivity index (χ2n) is 5.80. The van der Waals surface area contributed by atoms with Crippen molar-refractivity contribution in [1.29, 1.82) is 0 Å². The first-order valence-electron chi connectivity index (χ1n) is 10.4. The van der Waals surface area contributed by atoms with Crippen LogP contribution in [0.1, 0.15) is 45.2 Å². The minimum absolute atomic E-state index is 0.161. The van der Waals surface area contributed by atoms with E-state index in [9.17, 15) is 18.7 Å². The van der Waals surface area contributed by atoms with Gasteiger partial charge in [-0.05, 0) is 42.7 Å². The molecule has 0 radical (unpaired) electrons. The van der Waals surface area contributed by atoms with Gasteiger partial charge in [0.2, 0.25) is 0 Å². The lowest BCUT2D eigenvalue weighted by Gasteiger charge is -2.21. The molecule has 172 valence electrons. The first-order chi connectivity index (χ1) is 14.9. The summed E-state index contributed by atoms with van der Waals surface area (Å²) in [5.74, 6) is -0.834. The Bertz CT molecular complexity index is 800. The van der Waals surface area contributed by atoms with Crippen LogP contribution < -0.4 is 10.2 Å². The van der Waals surface area contributed by atoms with E-state index in [1.165, 1.54) is 6.07 Å². The molecule has 0 fully saturated rings. The lowest BCUT2D eigenvalue weighted by Crippen LogP contribution is -2.29. The molecule has 2 rings (SSSR count). The molecule has 0 aliphatic heterocycles. The highest BCUT2D eigenvalue weighted by molar-refractivity contribution is 5.90. The summed E-state index contributed by atoms with van der Waals surface area (Å²) in [5.41, 5.74) is 5.48. The van der Waals surface area contributed by atoms with Crippen LogP contribution in [0.15, 0.2) is 66.0 Å². The average Bonchev–Trinajstić information content (AvgIpc) is 3.03. The van der Waals surface area contributed by atoms with Crippen molar-refractivity contribution in [2.24, 2.45) is 0 Å². The predicted molar refractivity (Wildman–Crippen MR) is 122 cm³/mol. The van der Waals surface area contributed by atoms with Crippen molar-refractivity contribution in [3.05, 3.63) is 77.2 Å². The average molecular weight is 437 g/mol. The quantitative estimate of drug-likeness (QED) is 0.490. The van der Waals surface area contributed by atoms with E-state index < -0.39 is 12.6 Å². The molecule has 7 heteroatoms. The summed E-state index contributed by atoms with van der Waals surface area (Å²) >= 11 is 0. The first-order valence-corrected chi connectivity index (χ1v) is 10.4. The SMILES string of the molecule is CC.CC.CNN(/C=C\Cc1cccc(OC(F)F)c1C)C1=CC(C(=O)O)=CC=CC1. The zero-order valence-electron chi connectivity index (χ0n) is 19.2. The largest absolute Gasteiger partial charge is 0.478 e. The molecule has 0 aromatic heterocycles. The minimum Gasteiger partial charge on any atom is -0.478 e. The van der Waals surface area contributed by atoms with Crippen LogP contribution in [0.2, 0.25) is 0 Å². The Morgan fingerprint density at radius 1 is 1.29 bits per heavy atom. The van der Waals surface area contributed by atoms with E-state index in [0.717, 1.165) is 11.3 Å². The number of nitrogens with zero attached hydrogens (tertiary/aromatic N) is 1. The second kappa shape index (κ2) is 15.8. The van der Waals surface area contributed by atoms with Gasteiger partial charge in [0.15, 0.2) is 0 Å². The molecule has 1 aliphatic rings. The molecule has 0 bridgehead atoms. The molecule has 5 nitrogen and oxygen atoms in total. The van der Waals surface area contributed by atoms with Crippen LogP contribution >= 0.6 is 0 Å². The van der Waals surface area contributed by atoms with Crippen molar-refractivity contribution in [2.75, 3.05) is 7.05 Å². The molecule has 0 amide bonds. The summed E-state index contributed by atoms with van der Waals surface area (Å²) in [4.78, 5) is 11.2. The van der Waals surface area contributed by atoms with Gasteiger partial charge in [-0.3, -0.25) is 5.01 Å². The Morgan fingerprint density at radius 3 is 2.55 bits per heavy atom. The Labute approximate surface area is 184 Å². The van der Waals surface area contributed by atoms with Crippen molar-refractivity contribution in [3.63, 3.8) is 0 Å². The fraction of sp³-hybridized carbons (Fsp3) is 0.375. The zero-order chi connectivity index (χ0) is 23.8. The summed E-state index contributed by atoms with van der Waals surface area (Å²) in [7, 11) is 1.73. The number of benzene rings is 1. The van der Waals surface area contributed by atoms with Gasteiger partial charge in [0, 0.05) is 25.4 Å². The van der Waals surface area contributed by atoms with E-state index in [4.69, 9.17) is 0 Å². The first kappa shape index (κ1) is 28.1. The normalized spacial score (nSPS) is 12.7. The Kier molecular flexibility index (Phi) is 14.4. The number of aliphatic carboxylic acids is 1. The van der Waals surface area contributed by atoms with Crippen LogP contribution in [0.25, 0.3) is 0 Å². The van der Waals surface area contributed by atoms with Gasteiger partial charge in [0.1, 0.15) is 5.75 Å². The smallest absolute Gasteiger partial charge is 0.387 e.